The van der Waals surface area contributed by atoms with Crippen molar-refractivity contribution < 1.29 is 0 Å². The van der Waals surface area contributed by atoms with Crippen LogP contribution in [0.3, 0.4) is 0 Å². The molecule has 12 aromatic rings. The third kappa shape index (κ3) is 4.78. The van der Waals surface area contributed by atoms with Crippen molar-refractivity contribution in [3.63, 3.8) is 0 Å². The van der Waals surface area contributed by atoms with Crippen molar-refractivity contribution in [1.82, 2.24) is 39.9 Å². The van der Waals surface area contributed by atoms with Crippen LogP contribution in [-0.4, -0.2) is 39.9 Å². The molecule has 58 heavy (non-hydrogen) atoms. The smallest absolute Gasteiger partial charge is 0.113 e. The molecule has 0 saturated heterocycles. The maximum Gasteiger partial charge on any atom is 0.113 e. The number of hydrogen-bond donors (Lipinski definition) is 0. The van der Waals surface area contributed by atoms with Crippen molar-refractivity contribution in [2.24, 2.45) is 0 Å². The van der Waals surface area contributed by atoms with E-state index in [2.05, 4.69) is 78.3 Å². The molecule has 12 rings (SSSR count). The number of hydrogen-bond acceptors (Lipinski definition) is 10. The molecular weight excluding hydrogens is 717 g/mol. The predicted molar refractivity (Wildman–Crippen MR) is 232 cm³/mol. The summed E-state index contributed by atoms with van der Waals surface area (Å²) in [4.78, 5) is 42.7. The van der Waals surface area contributed by atoms with Crippen LogP contribution in [0.1, 0.15) is 0 Å². The molecule has 0 amide bonds. The van der Waals surface area contributed by atoms with Gasteiger partial charge in [0, 0.05) is 60.3 Å². The summed E-state index contributed by atoms with van der Waals surface area (Å²) in [5.74, 6) is 0. The molecular formula is C48H28N10. The van der Waals surface area contributed by atoms with Crippen LogP contribution in [0, 0.1) is 0 Å². The summed E-state index contributed by atoms with van der Waals surface area (Å²) in [5.41, 5.74) is 11.9. The number of nitrogens with zero attached hydrogens (tertiary/aromatic N) is 10. The summed E-state index contributed by atoms with van der Waals surface area (Å²) in [6, 6.07) is 41.5. The lowest BCUT2D eigenvalue weighted by Crippen LogP contribution is -2.14. The molecule has 0 N–H and O–H groups in total. The molecule has 270 valence electrons. The molecule has 0 aliphatic heterocycles. The maximum absolute atomic E-state index is 4.86. The number of benzene rings is 4. The molecule has 0 aliphatic carbocycles. The first-order valence-corrected chi connectivity index (χ1v) is 18.9. The lowest BCUT2D eigenvalue weighted by Gasteiger charge is -2.30. The van der Waals surface area contributed by atoms with E-state index in [0.29, 0.717) is 0 Å². The lowest BCUT2D eigenvalue weighted by atomic mass is 9.91. The van der Waals surface area contributed by atoms with Gasteiger partial charge in [0.2, 0.25) is 0 Å². The predicted octanol–water partition coefficient (Wildman–Crippen LogP) is 11.3. The van der Waals surface area contributed by atoms with Crippen LogP contribution in [0.15, 0.2) is 171 Å². The summed E-state index contributed by atoms with van der Waals surface area (Å²) < 4.78 is 0. The van der Waals surface area contributed by atoms with E-state index in [0.717, 1.165) is 111 Å². The quantitative estimate of drug-likeness (QED) is 0.153. The highest BCUT2D eigenvalue weighted by molar-refractivity contribution is 6.28. The Hall–Kier alpha value is -8.24. The standard InChI is InChI=1S/C48H28N10/c1-5-33-45(53-21-1)39(17-25-49-33)57(40-18-26-50-34-6-2-22-54-46(34)40)37-15-11-29-10-14-32-38(16-12-30-9-13-31(37)43(29)44(30)32)58(41-19-27-51-35-7-3-23-55-47(35)41)42-20-28-52-36-8-4-24-56-48(36)42/h1-28H. The first-order chi connectivity index (χ1) is 28.8. The SMILES string of the molecule is c1cnc2c(N(c3ccc4ccc5c(N(c6ccnc7cccnc67)c6ccnc7cccnc67)ccc6ccc3c4c65)c3ccnc4cccnc34)ccnc2c1. The normalized spacial score (nSPS) is 11.8. The van der Waals surface area contributed by atoms with E-state index >= 15 is 0 Å². The van der Waals surface area contributed by atoms with Gasteiger partial charge in [-0.2, -0.15) is 0 Å². The minimum Gasteiger partial charge on any atom is -0.305 e. The fourth-order valence-corrected chi connectivity index (χ4v) is 8.52. The van der Waals surface area contributed by atoms with Gasteiger partial charge in [0.05, 0.1) is 56.2 Å². The third-order valence-corrected chi connectivity index (χ3v) is 11.0. The Balaban J connectivity index is 1.17. The van der Waals surface area contributed by atoms with Crippen LogP contribution in [0.25, 0.3) is 76.5 Å². The second-order valence-electron chi connectivity index (χ2n) is 14.1. The molecule has 8 aromatic heterocycles. The molecule has 8 heterocycles. The molecule has 0 atom stereocenters. The van der Waals surface area contributed by atoms with E-state index in [9.17, 15) is 0 Å². The summed E-state index contributed by atoms with van der Waals surface area (Å²) in [7, 11) is 0. The van der Waals surface area contributed by atoms with Crippen LogP contribution in [0.2, 0.25) is 0 Å². The van der Waals surface area contributed by atoms with Crippen molar-refractivity contribution in [3.05, 3.63) is 171 Å². The summed E-state index contributed by atoms with van der Waals surface area (Å²) in [6.45, 7) is 0. The Kier molecular flexibility index (Phi) is 6.99. The van der Waals surface area contributed by atoms with E-state index in [1.54, 1.807) is 0 Å². The fraction of sp³-hybridized carbons (Fsp3) is 0. The van der Waals surface area contributed by atoms with Crippen LogP contribution >= 0.6 is 0 Å². The molecule has 0 aliphatic rings. The van der Waals surface area contributed by atoms with Gasteiger partial charge in [-0.1, -0.05) is 36.4 Å². The van der Waals surface area contributed by atoms with Crippen LogP contribution in [-0.2, 0) is 0 Å². The summed E-state index contributed by atoms with van der Waals surface area (Å²) in [5, 5.41) is 6.70. The highest BCUT2D eigenvalue weighted by Crippen LogP contribution is 2.49. The maximum atomic E-state index is 4.86. The number of fused-ring (bicyclic) bond motifs is 4. The van der Waals surface area contributed by atoms with Crippen molar-refractivity contribution in [3.8, 4) is 0 Å². The molecule has 0 saturated carbocycles. The molecule has 10 heteroatoms. The van der Waals surface area contributed by atoms with Gasteiger partial charge < -0.3 is 9.80 Å². The van der Waals surface area contributed by atoms with Crippen molar-refractivity contribution in [2.45, 2.75) is 0 Å². The number of rotatable bonds is 6. The zero-order chi connectivity index (χ0) is 38.2. The zero-order valence-corrected chi connectivity index (χ0v) is 30.6. The molecule has 0 spiro atoms. The summed E-state index contributed by atoms with van der Waals surface area (Å²) >= 11 is 0. The molecule has 0 radical (unpaired) electrons. The van der Waals surface area contributed by atoms with Gasteiger partial charge in [-0.25, -0.2) is 0 Å². The molecule has 0 unspecified atom stereocenters. The van der Waals surface area contributed by atoms with E-state index in [-0.39, 0.29) is 0 Å². The second kappa shape index (κ2) is 12.7. The highest BCUT2D eigenvalue weighted by Gasteiger charge is 2.26. The highest BCUT2D eigenvalue weighted by atomic mass is 15.2. The van der Waals surface area contributed by atoms with Gasteiger partial charge in [-0.3, -0.25) is 39.9 Å². The van der Waals surface area contributed by atoms with Gasteiger partial charge in [-0.15, -0.1) is 0 Å². The van der Waals surface area contributed by atoms with Gasteiger partial charge in [0.1, 0.15) is 22.1 Å². The Bertz CT molecular complexity index is 3160. The monoisotopic (exact) mass is 744 g/mol. The average molecular weight is 745 g/mol. The number of pyridine rings is 8. The van der Waals surface area contributed by atoms with Gasteiger partial charge in [0.15, 0.2) is 0 Å². The zero-order valence-electron chi connectivity index (χ0n) is 30.6. The van der Waals surface area contributed by atoms with Gasteiger partial charge in [-0.05, 0) is 106 Å². The Labute approximate surface area is 330 Å². The van der Waals surface area contributed by atoms with Crippen LogP contribution in [0.4, 0.5) is 34.1 Å². The van der Waals surface area contributed by atoms with E-state index in [1.807, 2.05) is 122 Å². The second-order valence-corrected chi connectivity index (χ2v) is 14.1. The van der Waals surface area contributed by atoms with Gasteiger partial charge in [0.25, 0.3) is 0 Å². The first-order valence-electron chi connectivity index (χ1n) is 18.9. The molecule has 4 aromatic carbocycles. The van der Waals surface area contributed by atoms with Crippen molar-refractivity contribution in [1.29, 1.82) is 0 Å². The largest absolute Gasteiger partial charge is 0.305 e. The Morgan fingerprint density at radius 3 is 0.897 bits per heavy atom. The number of anilines is 6. The topological polar surface area (TPSA) is 110 Å². The summed E-state index contributed by atoms with van der Waals surface area (Å²) in [6.07, 6.45) is 14.6. The van der Waals surface area contributed by atoms with Crippen molar-refractivity contribution >= 4 is 111 Å². The minimum atomic E-state index is 0.783. The molecule has 0 bridgehead atoms. The molecule has 0 fully saturated rings. The molecule has 10 nitrogen and oxygen atoms in total. The third-order valence-electron chi connectivity index (χ3n) is 11.0. The van der Waals surface area contributed by atoms with Crippen LogP contribution in [0.5, 0.6) is 0 Å². The van der Waals surface area contributed by atoms with Crippen molar-refractivity contribution in [2.75, 3.05) is 9.80 Å². The van der Waals surface area contributed by atoms with Gasteiger partial charge >= 0.3 is 0 Å². The Morgan fingerprint density at radius 2 is 0.569 bits per heavy atom. The van der Waals surface area contributed by atoms with Crippen LogP contribution < -0.4 is 9.80 Å². The lowest BCUT2D eigenvalue weighted by molar-refractivity contribution is 1.24. The first kappa shape index (κ1) is 32.0. The van der Waals surface area contributed by atoms with E-state index in [4.69, 9.17) is 19.9 Å². The minimum absolute atomic E-state index is 0.783. The van der Waals surface area contributed by atoms with E-state index in [1.165, 1.54) is 0 Å². The number of aromatic nitrogens is 8. The average Bonchev–Trinajstić information content (AvgIpc) is 3.29. The fourth-order valence-electron chi connectivity index (χ4n) is 8.52. The Morgan fingerprint density at radius 1 is 0.259 bits per heavy atom. The van der Waals surface area contributed by atoms with E-state index < -0.39 is 0 Å².